The molecule has 0 saturated heterocycles. The molecule has 8 nitrogen and oxygen atoms in total. The number of hydrogen-bond acceptors (Lipinski definition) is 5. The molecule has 0 aromatic heterocycles. The Morgan fingerprint density at radius 1 is 1.11 bits per heavy atom. The standard InChI is InChI=1S/C18H17N3O5S/c22-17-18(8-1-2-9-18)15-10-12(6-7-16(15)19-17)20-27(25,26)14-5-3-4-13(11-14)21(23)24/h3-7,10-11,20H,1-2,8-9H2,(H,19,22). The predicted molar refractivity (Wildman–Crippen MR) is 99.1 cm³/mol. The average Bonchev–Trinajstić information content (AvgIpc) is 3.23. The molecule has 27 heavy (non-hydrogen) atoms. The maximum Gasteiger partial charge on any atom is 0.270 e. The third-order valence-electron chi connectivity index (χ3n) is 5.27. The molecule has 9 heteroatoms. The van der Waals surface area contributed by atoms with Crippen molar-refractivity contribution in [3.63, 3.8) is 0 Å². The van der Waals surface area contributed by atoms with Gasteiger partial charge in [0, 0.05) is 23.5 Å². The number of carbonyl (C=O) groups excluding carboxylic acids is 1. The molecule has 1 aliphatic heterocycles. The minimum absolute atomic E-state index is 0.0336. The summed E-state index contributed by atoms with van der Waals surface area (Å²) >= 11 is 0. The number of hydrogen-bond donors (Lipinski definition) is 2. The third-order valence-corrected chi connectivity index (χ3v) is 6.65. The monoisotopic (exact) mass is 387 g/mol. The van der Waals surface area contributed by atoms with Crippen LogP contribution in [0.25, 0.3) is 0 Å². The topological polar surface area (TPSA) is 118 Å². The lowest BCUT2D eigenvalue weighted by Crippen LogP contribution is -2.31. The highest BCUT2D eigenvalue weighted by molar-refractivity contribution is 7.92. The highest BCUT2D eigenvalue weighted by Gasteiger charge is 2.48. The number of non-ortho nitro benzene ring substituents is 1. The Labute approximate surface area is 155 Å². The number of fused-ring (bicyclic) bond motifs is 2. The largest absolute Gasteiger partial charge is 0.325 e. The molecule has 2 aliphatic rings. The Balaban J connectivity index is 1.68. The number of nitro groups is 1. The van der Waals surface area contributed by atoms with Crippen LogP contribution >= 0.6 is 0 Å². The van der Waals surface area contributed by atoms with Crippen LogP contribution in [0.5, 0.6) is 0 Å². The van der Waals surface area contributed by atoms with Gasteiger partial charge in [-0.1, -0.05) is 18.9 Å². The fourth-order valence-corrected chi connectivity index (χ4v) is 5.02. The van der Waals surface area contributed by atoms with Gasteiger partial charge in [0.05, 0.1) is 15.2 Å². The van der Waals surface area contributed by atoms with E-state index in [-0.39, 0.29) is 16.5 Å². The normalized spacial score (nSPS) is 17.6. The molecule has 0 unspecified atom stereocenters. The van der Waals surface area contributed by atoms with Crippen molar-refractivity contribution >= 4 is 33.0 Å². The summed E-state index contributed by atoms with van der Waals surface area (Å²) in [6.07, 6.45) is 3.40. The summed E-state index contributed by atoms with van der Waals surface area (Å²) in [6.45, 7) is 0. The van der Waals surface area contributed by atoms with E-state index in [1.54, 1.807) is 18.2 Å². The van der Waals surface area contributed by atoms with Crippen molar-refractivity contribution in [1.29, 1.82) is 0 Å². The molecule has 1 spiro atoms. The maximum absolute atomic E-state index is 12.6. The SMILES string of the molecule is O=C1Nc2ccc(NS(=O)(=O)c3cccc([N+](=O)[O-])c3)cc2C12CCCC2. The maximum atomic E-state index is 12.6. The molecule has 1 aliphatic carbocycles. The molecule has 2 aromatic carbocycles. The molecule has 4 rings (SSSR count). The number of nitrogens with one attached hydrogen (secondary N) is 2. The number of rotatable bonds is 4. The van der Waals surface area contributed by atoms with Crippen LogP contribution in [-0.4, -0.2) is 19.2 Å². The minimum Gasteiger partial charge on any atom is -0.325 e. The van der Waals surface area contributed by atoms with Gasteiger partial charge in [-0.2, -0.15) is 0 Å². The zero-order chi connectivity index (χ0) is 19.2. The van der Waals surface area contributed by atoms with E-state index in [0.717, 1.165) is 37.3 Å². The number of sulfonamides is 1. The molecule has 1 amide bonds. The summed E-state index contributed by atoms with van der Waals surface area (Å²) < 4.78 is 27.7. The Hall–Kier alpha value is -2.94. The Bertz CT molecular complexity index is 1060. The molecular weight excluding hydrogens is 370 g/mol. The van der Waals surface area contributed by atoms with Gasteiger partial charge in [-0.25, -0.2) is 8.42 Å². The zero-order valence-corrected chi connectivity index (χ0v) is 15.1. The van der Waals surface area contributed by atoms with Crippen molar-refractivity contribution in [3.05, 3.63) is 58.1 Å². The van der Waals surface area contributed by atoms with Crippen LogP contribution in [0.2, 0.25) is 0 Å². The number of amides is 1. The summed E-state index contributed by atoms with van der Waals surface area (Å²) in [6, 6.07) is 9.81. The average molecular weight is 387 g/mol. The molecular formula is C18H17N3O5S. The van der Waals surface area contributed by atoms with Gasteiger partial charge < -0.3 is 5.32 Å². The lowest BCUT2D eigenvalue weighted by atomic mass is 9.80. The van der Waals surface area contributed by atoms with E-state index in [1.807, 2.05) is 0 Å². The summed E-state index contributed by atoms with van der Waals surface area (Å²) in [5, 5.41) is 13.8. The molecule has 140 valence electrons. The first kappa shape index (κ1) is 17.5. The van der Waals surface area contributed by atoms with Gasteiger partial charge in [0.2, 0.25) is 5.91 Å². The fourth-order valence-electron chi connectivity index (χ4n) is 3.93. The van der Waals surface area contributed by atoms with Crippen LogP contribution in [0.1, 0.15) is 31.2 Å². The first-order valence-corrected chi connectivity index (χ1v) is 10.0. The molecule has 1 saturated carbocycles. The fraction of sp³-hybridized carbons (Fsp3) is 0.278. The number of carbonyl (C=O) groups is 1. The first-order chi connectivity index (χ1) is 12.8. The number of nitro benzene ring substituents is 1. The highest BCUT2D eigenvalue weighted by Crippen LogP contribution is 2.49. The van der Waals surface area contributed by atoms with Gasteiger partial charge in [-0.05, 0) is 42.7 Å². The smallest absolute Gasteiger partial charge is 0.270 e. The lowest BCUT2D eigenvalue weighted by Gasteiger charge is -2.21. The van der Waals surface area contributed by atoms with Crippen LogP contribution in [0, 0.1) is 10.1 Å². The highest BCUT2D eigenvalue weighted by atomic mass is 32.2. The molecule has 2 N–H and O–H groups in total. The minimum atomic E-state index is -4.00. The van der Waals surface area contributed by atoms with E-state index >= 15 is 0 Å². The molecule has 0 atom stereocenters. The summed E-state index contributed by atoms with van der Waals surface area (Å²) in [5.74, 6) is -0.0336. The summed E-state index contributed by atoms with van der Waals surface area (Å²) in [4.78, 5) is 22.5. The summed E-state index contributed by atoms with van der Waals surface area (Å²) in [7, 11) is -4.00. The number of anilines is 2. The van der Waals surface area contributed by atoms with Crippen molar-refractivity contribution in [2.45, 2.75) is 36.0 Å². The predicted octanol–water partition coefficient (Wildman–Crippen LogP) is 3.16. The molecule has 0 radical (unpaired) electrons. The van der Waals surface area contributed by atoms with Crippen molar-refractivity contribution < 1.29 is 18.1 Å². The number of benzene rings is 2. The van der Waals surface area contributed by atoms with Crippen LogP contribution in [0.3, 0.4) is 0 Å². The zero-order valence-electron chi connectivity index (χ0n) is 14.3. The Morgan fingerprint density at radius 2 is 1.85 bits per heavy atom. The Morgan fingerprint density at radius 3 is 2.56 bits per heavy atom. The second-order valence-corrected chi connectivity index (χ2v) is 8.55. The summed E-state index contributed by atoms with van der Waals surface area (Å²) in [5.41, 5.74) is 0.960. The van der Waals surface area contributed by atoms with E-state index in [4.69, 9.17) is 0 Å². The lowest BCUT2D eigenvalue weighted by molar-refractivity contribution is -0.385. The Kier molecular flexibility index (Phi) is 3.92. The third kappa shape index (κ3) is 2.84. The van der Waals surface area contributed by atoms with Crippen molar-refractivity contribution in [2.75, 3.05) is 10.0 Å². The van der Waals surface area contributed by atoms with Gasteiger partial charge in [-0.15, -0.1) is 0 Å². The van der Waals surface area contributed by atoms with E-state index in [9.17, 15) is 23.3 Å². The van der Waals surface area contributed by atoms with Gasteiger partial charge in [0.1, 0.15) is 0 Å². The first-order valence-electron chi connectivity index (χ1n) is 8.55. The van der Waals surface area contributed by atoms with Gasteiger partial charge >= 0.3 is 0 Å². The van der Waals surface area contributed by atoms with Gasteiger partial charge in [0.15, 0.2) is 0 Å². The van der Waals surface area contributed by atoms with Crippen LogP contribution in [-0.2, 0) is 20.2 Å². The molecule has 2 aromatic rings. The van der Waals surface area contributed by atoms with E-state index < -0.39 is 20.4 Å². The quantitative estimate of drug-likeness (QED) is 0.617. The van der Waals surface area contributed by atoms with Gasteiger partial charge in [-0.3, -0.25) is 19.6 Å². The number of nitrogens with zero attached hydrogens (tertiary/aromatic N) is 1. The van der Waals surface area contributed by atoms with Crippen molar-refractivity contribution in [1.82, 2.24) is 0 Å². The van der Waals surface area contributed by atoms with Crippen LogP contribution in [0.4, 0.5) is 17.1 Å². The van der Waals surface area contributed by atoms with Gasteiger partial charge in [0.25, 0.3) is 15.7 Å². The molecule has 0 bridgehead atoms. The van der Waals surface area contributed by atoms with Crippen molar-refractivity contribution in [2.24, 2.45) is 0 Å². The van der Waals surface area contributed by atoms with E-state index in [2.05, 4.69) is 10.0 Å². The van der Waals surface area contributed by atoms with E-state index in [0.29, 0.717) is 11.4 Å². The van der Waals surface area contributed by atoms with Crippen molar-refractivity contribution in [3.8, 4) is 0 Å². The van der Waals surface area contributed by atoms with E-state index in [1.165, 1.54) is 18.2 Å². The van der Waals surface area contributed by atoms with Crippen LogP contribution in [0.15, 0.2) is 47.4 Å². The van der Waals surface area contributed by atoms with Crippen LogP contribution < -0.4 is 10.0 Å². The second-order valence-electron chi connectivity index (χ2n) is 6.86. The molecule has 1 fully saturated rings. The second kappa shape index (κ2) is 6.05. The molecule has 1 heterocycles.